The number of fused-ring (bicyclic) bond motifs is 2. The molecule has 2 bridgehead atoms. The third-order valence-electron chi connectivity index (χ3n) is 3.51. The molecule has 2 atom stereocenters. The lowest BCUT2D eigenvalue weighted by atomic mass is 10.1. The fourth-order valence-corrected chi connectivity index (χ4v) is 2.68. The first-order valence-corrected chi connectivity index (χ1v) is 5.87. The molecule has 0 spiro atoms. The number of nitrogens with zero attached hydrogens (tertiary/aromatic N) is 2. The number of nitrogens with one attached hydrogen (secondary N) is 2. The Hall–Kier alpha value is -1.36. The van der Waals surface area contributed by atoms with E-state index in [1.54, 1.807) is 6.07 Å². The van der Waals surface area contributed by atoms with Gasteiger partial charge in [0.2, 0.25) is 0 Å². The van der Waals surface area contributed by atoms with Crippen LogP contribution in [0.4, 0.5) is 5.82 Å². The second-order valence-electron chi connectivity index (χ2n) is 4.64. The molecule has 0 saturated carbocycles. The van der Waals surface area contributed by atoms with Crippen molar-refractivity contribution in [3.63, 3.8) is 0 Å². The molecule has 3 heterocycles. The van der Waals surface area contributed by atoms with Crippen LogP contribution in [0.25, 0.3) is 0 Å². The quantitative estimate of drug-likeness (QED) is 0.704. The van der Waals surface area contributed by atoms with Crippen molar-refractivity contribution in [1.82, 2.24) is 15.3 Å². The van der Waals surface area contributed by atoms with E-state index in [0.717, 1.165) is 25.3 Å². The van der Waals surface area contributed by atoms with Crippen molar-refractivity contribution in [1.29, 1.82) is 0 Å². The van der Waals surface area contributed by atoms with E-state index >= 15 is 0 Å². The van der Waals surface area contributed by atoms with E-state index in [0.29, 0.717) is 12.1 Å². The Kier molecular flexibility index (Phi) is 2.40. The number of aromatic amines is 1. The molecule has 0 amide bonds. The van der Waals surface area contributed by atoms with Crippen molar-refractivity contribution in [2.75, 3.05) is 18.0 Å². The molecule has 0 aromatic carbocycles. The van der Waals surface area contributed by atoms with Crippen molar-refractivity contribution in [2.24, 2.45) is 0 Å². The van der Waals surface area contributed by atoms with Crippen LogP contribution in [0.5, 0.6) is 0 Å². The maximum absolute atomic E-state index is 11.2. The first kappa shape index (κ1) is 9.84. The number of hydrogen-bond donors (Lipinski definition) is 2. The second kappa shape index (κ2) is 3.90. The normalized spacial score (nSPS) is 29.1. The van der Waals surface area contributed by atoms with Gasteiger partial charge in [-0.2, -0.15) is 0 Å². The van der Waals surface area contributed by atoms with Crippen LogP contribution >= 0.6 is 0 Å². The Bertz CT molecular complexity index is 430. The minimum Gasteiger partial charge on any atom is -0.355 e. The molecular weight excluding hydrogens is 204 g/mol. The lowest BCUT2D eigenvalue weighted by molar-refractivity contribution is 0.563. The molecule has 2 aliphatic heterocycles. The number of aromatic nitrogens is 2. The predicted molar refractivity (Wildman–Crippen MR) is 61.6 cm³/mol. The van der Waals surface area contributed by atoms with Gasteiger partial charge in [0.05, 0.1) is 6.33 Å². The molecule has 86 valence electrons. The van der Waals surface area contributed by atoms with Gasteiger partial charge in [-0.05, 0) is 19.3 Å². The van der Waals surface area contributed by atoms with Gasteiger partial charge in [-0.15, -0.1) is 0 Å². The summed E-state index contributed by atoms with van der Waals surface area (Å²) in [6, 6.07) is 2.81. The standard InChI is InChI=1S/C11H16N4O/c16-11-5-10(12-7-13-11)15-4-3-8-1-2-9(6-15)14-8/h5,7-9,14H,1-4,6H2,(H,12,13,16). The Morgan fingerprint density at radius 1 is 1.31 bits per heavy atom. The molecule has 0 radical (unpaired) electrons. The number of anilines is 1. The van der Waals surface area contributed by atoms with Gasteiger partial charge in [0, 0.05) is 31.2 Å². The van der Waals surface area contributed by atoms with Crippen LogP contribution in [0.3, 0.4) is 0 Å². The van der Waals surface area contributed by atoms with Crippen molar-refractivity contribution in [2.45, 2.75) is 31.3 Å². The van der Waals surface area contributed by atoms with E-state index in [1.165, 1.54) is 19.2 Å². The smallest absolute Gasteiger partial charge is 0.252 e. The van der Waals surface area contributed by atoms with E-state index in [1.807, 2.05) is 0 Å². The second-order valence-corrected chi connectivity index (χ2v) is 4.64. The number of rotatable bonds is 1. The third-order valence-corrected chi connectivity index (χ3v) is 3.51. The Morgan fingerprint density at radius 3 is 3.06 bits per heavy atom. The summed E-state index contributed by atoms with van der Waals surface area (Å²) in [6.07, 6.45) is 5.16. The Morgan fingerprint density at radius 2 is 2.19 bits per heavy atom. The van der Waals surface area contributed by atoms with E-state index in [9.17, 15) is 4.79 Å². The van der Waals surface area contributed by atoms with Crippen LogP contribution in [0.2, 0.25) is 0 Å². The first-order chi connectivity index (χ1) is 7.81. The van der Waals surface area contributed by atoms with Gasteiger partial charge in [-0.3, -0.25) is 4.79 Å². The molecule has 1 aromatic rings. The predicted octanol–water partition coefficient (Wildman–Crippen LogP) is 0.101. The maximum atomic E-state index is 11.2. The maximum Gasteiger partial charge on any atom is 0.252 e. The zero-order chi connectivity index (χ0) is 11.0. The van der Waals surface area contributed by atoms with Crippen LogP contribution in [0.15, 0.2) is 17.2 Å². The third kappa shape index (κ3) is 1.82. The summed E-state index contributed by atoms with van der Waals surface area (Å²) in [4.78, 5) is 20.2. The van der Waals surface area contributed by atoms with Gasteiger partial charge < -0.3 is 15.2 Å². The zero-order valence-electron chi connectivity index (χ0n) is 9.15. The molecule has 1 aromatic heterocycles. The summed E-state index contributed by atoms with van der Waals surface area (Å²) >= 11 is 0. The molecule has 0 aliphatic carbocycles. The molecule has 2 N–H and O–H groups in total. The van der Waals surface area contributed by atoms with Gasteiger partial charge in [0.25, 0.3) is 5.56 Å². The molecule has 2 saturated heterocycles. The fraction of sp³-hybridized carbons (Fsp3) is 0.636. The van der Waals surface area contributed by atoms with E-state index in [4.69, 9.17) is 0 Å². The van der Waals surface area contributed by atoms with Crippen LogP contribution in [0, 0.1) is 0 Å². The van der Waals surface area contributed by atoms with Crippen LogP contribution in [-0.4, -0.2) is 35.1 Å². The minimum atomic E-state index is -0.0765. The van der Waals surface area contributed by atoms with Crippen LogP contribution in [-0.2, 0) is 0 Å². The van der Waals surface area contributed by atoms with Crippen LogP contribution < -0.4 is 15.8 Å². The van der Waals surface area contributed by atoms with E-state index in [2.05, 4.69) is 20.2 Å². The molecule has 16 heavy (non-hydrogen) atoms. The summed E-state index contributed by atoms with van der Waals surface area (Å²) in [5.74, 6) is 0.804. The Labute approximate surface area is 93.9 Å². The summed E-state index contributed by atoms with van der Waals surface area (Å²) in [7, 11) is 0. The molecule has 5 nitrogen and oxygen atoms in total. The van der Waals surface area contributed by atoms with Crippen LogP contribution in [0.1, 0.15) is 19.3 Å². The lowest BCUT2D eigenvalue weighted by Crippen LogP contribution is -2.36. The fourth-order valence-electron chi connectivity index (χ4n) is 2.68. The van der Waals surface area contributed by atoms with E-state index in [-0.39, 0.29) is 5.56 Å². The first-order valence-electron chi connectivity index (χ1n) is 5.87. The molecule has 3 rings (SSSR count). The van der Waals surface area contributed by atoms with Gasteiger partial charge in [0.1, 0.15) is 5.82 Å². The van der Waals surface area contributed by atoms with E-state index < -0.39 is 0 Å². The highest BCUT2D eigenvalue weighted by molar-refractivity contribution is 5.37. The summed E-state index contributed by atoms with van der Waals surface area (Å²) in [6.45, 7) is 1.96. The minimum absolute atomic E-state index is 0.0765. The average Bonchev–Trinajstić information content (AvgIpc) is 2.58. The topological polar surface area (TPSA) is 61.0 Å². The van der Waals surface area contributed by atoms with Gasteiger partial charge in [-0.1, -0.05) is 0 Å². The number of H-pyrrole nitrogens is 1. The number of hydrogen-bond acceptors (Lipinski definition) is 4. The average molecular weight is 220 g/mol. The highest BCUT2D eigenvalue weighted by atomic mass is 16.1. The lowest BCUT2D eigenvalue weighted by Gasteiger charge is -2.24. The molecule has 2 fully saturated rings. The largest absolute Gasteiger partial charge is 0.355 e. The summed E-state index contributed by atoms with van der Waals surface area (Å²) in [5.41, 5.74) is -0.0765. The zero-order valence-corrected chi connectivity index (χ0v) is 9.15. The molecule has 2 aliphatic rings. The Balaban J connectivity index is 1.82. The van der Waals surface area contributed by atoms with Crippen molar-refractivity contribution in [3.8, 4) is 0 Å². The highest BCUT2D eigenvalue weighted by Gasteiger charge is 2.29. The molecule has 2 unspecified atom stereocenters. The van der Waals surface area contributed by atoms with Gasteiger partial charge in [-0.25, -0.2) is 4.98 Å². The summed E-state index contributed by atoms with van der Waals surface area (Å²) < 4.78 is 0. The molecule has 5 heteroatoms. The van der Waals surface area contributed by atoms with Crippen molar-refractivity contribution < 1.29 is 0 Å². The SMILES string of the molecule is O=c1cc(N2CCC3CCC(C2)N3)nc[nH]1. The van der Waals surface area contributed by atoms with Crippen molar-refractivity contribution in [3.05, 3.63) is 22.7 Å². The monoisotopic (exact) mass is 220 g/mol. The summed E-state index contributed by atoms with van der Waals surface area (Å²) in [5, 5.41) is 3.61. The molecular formula is C11H16N4O. The van der Waals surface area contributed by atoms with Crippen molar-refractivity contribution >= 4 is 5.82 Å². The highest BCUT2D eigenvalue weighted by Crippen LogP contribution is 2.22. The van der Waals surface area contributed by atoms with Gasteiger partial charge >= 0.3 is 0 Å². The van der Waals surface area contributed by atoms with Gasteiger partial charge in [0.15, 0.2) is 0 Å².